The van der Waals surface area contributed by atoms with Crippen LogP contribution in [0.3, 0.4) is 0 Å². The summed E-state index contributed by atoms with van der Waals surface area (Å²) in [4.78, 5) is 22.7. The van der Waals surface area contributed by atoms with E-state index in [4.69, 9.17) is 23.8 Å². The summed E-state index contributed by atoms with van der Waals surface area (Å²) in [5, 5.41) is 5.83. The average Bonchev–Trinajstić information content (AvgIpc) is 2.92. The number of ether oxygens (including phenoxy) is 4. The van der Waals surface area contributed by atoms with E-state index in [0.717, 1.165) is 15.2 Å². The van der Waals surface area contributed by atoms with E-state index in [9.17, 15) is 4.79 Å². The van der Waals surface area contributed by atoms with Crippen molar-refractivity contribution in [1.82, 2.24) is 4.98 Å². The highest BCUT2D eigenvalue weighted by Crippen LogP contribution is 2.35. The van der Waals surface area contributed by atoms with Crippen molar-refractivity contribution in [3.63, 3.8) is 0 Å². The quantitative estimate of drug-likeness (QED) is 0.159. The van der Waals surface area contributed by atoms with Gasteiger partial charge in [-0.2, -0.15) is 0 Å². The molecule has 0 radical (unpaired) electrons. The molecule has 0 unspecified atom stereocenters. The van der Waals surface area contributed by atoms with E-state index in [1.165, 1.54) is 0 Å². The number of pyridine rings is 1. The molecule has 0 aliphatic heterocycles. The van der Waals surface area contributed by atoms with E-state index in [0.29, 0.717) is 45.5 Å². The van der Waals surface area contributed by atoms with E-state index in [1.54, 1.807) is 77.1 Å². The summed E-state index contributed by atoms with van der Waals surface area (Å²) >= 11 is 3.36. The number of carbonyl (C=O) groups is 1. The van der Waals surface area contributed by atoms with Gasteiger partial charge in [-0.25, -0.2) is 4.79 Å². The Bertz CT molecular complexity index is 1440. The van der Waals surface area contributed by atoms with Crippen molar-refractivity contribution in [2.75, 3.05) is 28.4 Å². The van der Waals surface area contributed by atoms with E-state index in [1.807, 2.05) is 18.2 Å². The molecule has 9 heteroatoms. The number of benzene rings is 3. The van der Waals surface area contributed by atoms with Crippen LogP contribution >= 0.6 is 15.9 Å². The molecule has 0 spiro atoms. The third-order valence-electron chi connectivity index (χ3n) is 5.45. The molecule has 8 nitrogen and oxygen atoms in total. The van der Waals surface area contributed by atoms with E-state index in [-0.39, 0.29) is 0 Å². The summed E-state index contributed by atoms with van der Waals surface area (Å²) < 4.78 is 22.6. The average molecular weight is 551 g/mol. The Morgan fingerprint density at radius 2 is 1.36 bits per heavy atom. The highest BCUT2D eigenvalue weighted by Gasteiger charge is 2.19. The molecule has 0 N–H and O–H groups in total. The second-order valence-electron chi connectivity index (χ2n) is 7.48. The lowest BCUT2D eigenvalue weighted by atomic mass is 10.0. The smallest absolute Gasteiger partial charge is 0.365 e. The first-order valence-corrected chi connectivity index (χ1v) is 11.6. The molecule has 0 fully saturated rings. The van der Waals surface area contributed by atoms with Crippen LogP contribution in [0, 0.1) is 0 Å². The zero-order chi connectivity index (χ0) is 25.7. The summed E-state index contributed by atoms with van der Waals surface area (Å²) in [6.45, 7) is 0. The summed E-state index contributed by atoms with van der Waals surface area (Å²) in [6.07, 6.45) is 1.65. The lowest BCUT2D eigenvalue weighted by Crippen LogP contribution is -2.11. The maximum atomic E-state index is 12.7. The van der Waals surface area contributed by atoms with Crippen molar-refractivity contribution < 1.29 is 28.6 Å². The van der Waals surface area contributed by atoms with Gasteiger partial charge in [0, 0.05) is 21.6 Å². The Kier molecular flexibility index (Phi) is 7.70. The summed E-state index contributed by atoms with van der Waals surface area (Å²) in [6, 6.07) is 17.6. The number of rotatable bonds is 8. The molecule has 0 bridgehead atoms. The van der Waals surface area contributed by atoms with Crippen molar-refractivity contribution >= 4 is 38.4 Å². The van der Waals surface area contributed by atoms with Gasteiger partial charge in [0.1, 0.15) is 11.4 Å². The molecular formula is C27H23BrN2O6. The predicted molar refractivity (Wildman–Crippen MR) is 140 cm³/mol. The number of oxime groups is 1. The maximum Gasteiger partial charge on any atom is 0.365 e. The lowest BCUT2D eigenvalue weighted by molar-refractivity contribution is 0.0517. The second-order valence-corrected chi connectivity index (χ2v) is 8.40. The maximum absolute atomic E-state index is 12.7. The van der Waals surface area contributed by atoms with Crippen LogP contribution in [-0.2, 0) is 4.84 Å². The largest absolute Gasteiger partial charge is 0.493 e. The van der Waals surface area contributed by atoms with Gasteiger partial charge in [-0.15, -0.1) is 0 Å². The molecule has 184 valence electrons. The van der Waals surface area contributed by atoms with Gasteiger partial charge in [0.15, 0.2) is 23.0 Å². The summed E-state index contributed by atoms with van der Waals surface area (Å²) in [5.74, 6) is 1.53. The summed E-state index contributed by atoms with van der Waals surface area (Å²) in [7, 11) is 6.23. The van der Waals surface area contributed by atoms with Gasteiger partial charge in [0.05, 0.1) is 34.0 Å². The number of methoxy groups -OCH3 is 4. The Labute approximate surface area is 216 Å². The van der Waals surface area contributed by atoms with Gasteiger partial charge in [0.25, 0.3) is 0 Å². The topological polar surface area (TPSA) is 88.5 Å². The minimum atomic E-state index is -0.611. The number of nitrogens with zero attached hydrogens (tertiary/aromatic N) is 2. The van der Waals surface area contributed by atoms with Gasteiger partial charge in [-0.3, -0.25) is 4.98 Å². The van der Waals surface area contributed by atoms with Crippen molar-refractivity contribution in [2.45, 2.75) is 0 Å². The zero-order valence-corrected chi connectivity index (χ0v) is 21.7. The van der Waals surface area contributed by atoms with Crippen LogP contribution in [0.15, 0.2) is 76.5 Å². The molecule has 4 aromatic rings. The third kappa shape index (κ3) is 5.11. The number of carbonyl (C=O) groups excluding carboxylic acids is 1. The fraction of sp³-hybridized carbons (Fsp3) is 0.148. The molecule has 36 heavy (non-hydrogen) atoms. The van der Waals surface area contributed by atoms with E-state index < -0.39 is 5.97 Å². The van der Waals surface area contributed by atoms with Gasteiger partial charge in [-0.1, -0.05) is 21.1 Å². The molecule has 3 aromatic carbocycles. The monoisotopic (exact) mass is 550 g/mol. The van der Waals surface area contributed by atoms with Crippen LogP contribution in [0.25, 0.3) is 10.8 Å². The number of aromatic nitrogens is 1. The first kappa shape index (κ1) is 25.0. The molecular weight excluding hydrogens is 528 g/mol. The molecule has 0 aliphatic carbocycles. The van der Waals surface area contributed by atoms with Crippen molar-refractivity contribution in [1.29, 1.82) is 0 Å². The van der Waals surface area contributed by atoms with Crippen molar-refractivity contribution in [3.8, 4) is 23.0 Å². The van der Waals surface area contributed by atoms with Gasteiger partial charge in [0.2, 0.25) is 0 Å². The normalized spacial score (nSPS) is 11.2. The highest BCUT2D eigenvalue weighted by atomic mass is 79.9. The highest BCUT2D eigenvalue weighted by molar-refractivity contribution is 9.10. The third-order valence-corrected chi connectivity index (χ3v) is 5.98. The molecule has 0 amide bonds. The lowest BCUT2D eigenvalue weighted by Gasteiger charge is -2.14. The van der Waals surface area contributed by atoms with E-state index in [2.05, 4.69) is 26.1 Å². The van der Waals surface area contributed by atoms with Gasteiger partial charge >= 0.3 is 5.97 Å². The van der Waals surface area contributed by atoms with Gasteiger partial charge < -0.3 is 23.8 Å². The standard InChI is InChI=1S/C27H23BrN2O6/c1-32-21-10-7-18(14-22(21)33-2)25(30-36-27(31)16-5-8-19(28)9-6-16)26-20-15-24(35-4)23(34-3)13-17(20)11-12-29-26/h5-15H,1-4H3/b30-25-. The Hall–Kier alpha value is -4.11. The van der Waals surface area contributed by atoms with Crippen LogP contribution in [-0.4, -0.2) is 45.1 Å². The van der Waals surface area contributed by atoms with Crippen LogP contribution < -0.4 is 18.9 Å². The Morgan fingerprint density at radius 3 is 2.03 bits per heavy atom. The molecule has 4 rings (SSSR count). The minimum absolute atomic E-state index is 0.319. The molecule has 1 aromatic heterocycles. The minimum Gasteiger partial charge on any atom is -0.493 e. The Balaban J connectivity index is 1.88. The van der Waals surface area contributed by atoms with E-state index >= 15 is 0 Å². The van der Waals surface area contributed by atoms with Crippen LogP contribution in [0.2, 0.25) is 0 Å². The molecule has 0 aliphatic rings. The first-order chi connectivity index (χ1) is 17.5. The van der Waals surface area contributed by atoms with Crippen molar-refractivity contribution in [3.05, 3.63) is 88.2 Å². The van der Waals surface area contributed by atoms with Crippen LogP contribution in [0.5, 0.6) is 23.0 Å². The second kappa shape index (κ2) is 11.1. The molecule has 0 saturated carbocycles. The van der Waals surface area contributed by atoms with Crippen LogP contribution in [0.4, 0.5) is 0 Å². The number of halogens is 1. The van der Waals surface area contributed by atoms with Gasteiger partial charge in [-0.05, 0) is 66.0 Å². The molecule has 1 heterocycles. The summed E-state index contributed by atoms with van der Waals surface area (Å²) in [5.41, 5.74) is 1.75. The fourth-order valence-corrected chi connectivity index (χ4v) is 3.89. The number of hydrogen-bond donors (Lipinski definition) is 0. The zero-order valence-electron chi connectivity index (χ0n) is 20.1. The molecule has 0 atom stereocenters. The predicted octanol–water partition coefficient (Wildman–Crippen LogP) is 5.64. The number of fused-ring (bicyclic) bond motifs is 1. The van der Waals surface area contributed by atoms with Crippen LogP contribution in [0.1, 0.15) is 21.6 Å². The van der Waals surface area contributed by atoms with Crippen molar-refractivity contribution in [2.24, 2.45) is 5.16 Å². The first-order valence-electron chi connectivity index (χ1n) is 10.8. The number of hydrogen-bond acceptors (Lipinski definition) is 8. The SMILES string of the molecule is COc1ccc(/C(=N/OC(=O)c2ccc(Br)cc2)c2nccc3cc(OC)c(OC)cc23)cc1OC. The molecule has 0 saturated heterocycles. The Morgan fingerprint density at radius 1 is 0.750 bits per heavy atom. The fourth-order valence-electron chi connectivity index (χ4n) is 3.63.